The molecule has 1 aliphatic rings. The number of nitrogens with zero attached hydrogens (tertiary/aromatic N) is 6. The fourth-order valence-electron chi connectivity index (χ4n) is 7.80. The Morgan fingerprint density at radius 2 is 1.66 bits per heavy atom. The van der Waals surface area contributed by atoms with Crippen molar-refractivity contribution in [2.75, 3.05) is 10.6 Å². The van der Waals surface area contributed by atoms with E-state index in [4.69, 9.17) is 11.6 Å². The van der Waals surface area contributed by atoms with Gasteiger partial charge in [-0.15, -0.1) is 0 Å². The average molecular weight is 1010 g/mol. The first kappa shape index (κ1) is 49.4. The number of aromatic nitrogens is 5. The maximum atomic E-state index is 15.0. The molecule has 67 heavy (non-hydrogen) atoms. The van der Waals surface area contributed by atoms with E-state index in [0.29, 0.717) is 22.7 Å². The summed E-state index contributed by atoms with van der Waals surface area (Å²) in [7, 11) is -5.04. The van der Waals surface area contributed by atoms with Crippen LogP contribution >= 0.6 is 31.4 Å². The summed E-state index contributed by atoms with van der Waals surface area (Å²) in [6.45, 7) is -2.26. The van der Waals surface area contributed by atoms with E-state index in [2.05, 4.69) is 25.0 Å². The standard InChI is InChI=1S/C41H33ClF10N7O6PS/c1-20-7-8-26(33(53-20)30(15-21-13-23(43)16-24(44)14-21)54-31(60)17-57-36-28(11-12-39(36,45)46)35(55-57)41(50,51)52)27-9-10-29(42)32-34(27)58(19-40(47,48)49)56-37(32)59(67-2)38(61)25-6-4-3-5-22(25)18-65-66(62,63)64/h3-10,13-14,16,30H,11-12,15,17-19H2,1-2H3,(H,54,60)(H2,62,63,64). The molecular formula is C41H33ClF10N7O6PS. The van der Waals surface area contributed by atoms with E-state index >= 15 is 8.78 Å². The van der Waals surface area contributed by atoms with Gasteiger partial charge in [0.25, 0.3) is 11.8 Å². The molecule has 0 fully saturated rings. The molecule has 0 aliphatic heterocycles. The van der Waals surface area contributed by atoms with E-state index in [1.807, 2.05) is 0 Å². The highest BCUT2D eigenvalue weighted by molar-refractivity contribution is 8.00. The number of anilines is 1. The fourth-order valence-corrected chi connectivity index (χ4v) is 8.91. The highest BCUT2D eigenvalue weighted by atomic mass is 35.5. The number of benzene rings is 3. The Balaban J connectivity index is 1.38. The third kappa shape index (κ3) is 10.8. The molecule has 0 bridgehead atoms. The number of carbonyl (C=O) groups excluding carboxylic acids is 2. The van der Waals surface area contributed by atoms with E-state index in [-0.39, 0.29) is 59.8 Å². The molecule has 3 aromatic heterocycles. The molecule has 3 N–H and O–H groups in total. The predicted octanol–water partition coefficient (Wildman–Crippen LogP) is 9.79. The van der Waals surface area contributed by atoms with Gasteiger partial charge in [0.05, 0.1) is 34.3 Å². The molecule has 0 saturated heterocycles. The number of nitrogens with one attached hydrogen (secondary N) is 1. The molecule has 7 rings (SSSR count). The molecule has 2 amide bonds. The molecule has 3 aromatic carbocycles. The minimum absolute atomic E-state index is 0.0197. The van der Waals surface area contributed by atoms with Crippen molar-refractivity contribution in [3.05, 3.63) is 128 Å². The first-order valence-electron chi connectivity index (χ1n) is 19.4. The number of alkyl halides is 8. The van der Waals surface area contributed by atoms with Gasteiger partial charge in [0.1, 0.15) is 30.4 Å². The topological polar surface area (TPSA) is 165 Å². The van der Waals surface area contributed by atoms with Crippen LogP contribution in [0.2, 0.25) is 5.02 Å². The molecule has 1 unspecified atom stereocenters. The lowest BCUT2D eigenvalue weighted by Gasteiger charge is -2.23. The molecule has 1 aliphatic carbocycles. The van der Waals surface area contributed by atoms with Gasteiger partial charge in [0.2, 0.25) is 5.91 Å². The lowest BCUT2D eigenvalue weighted by Crippen LogP contribution is -2.35. The number of amides is 2. The summed E-state index contributed by atoms with van der Waals surface area (Å²) in [5.41, 5.74) is -4.34. The number of hydrogen-bond acceptors (Lipinski definition) is 8. The fraction of sp³-hybridized carbons (Fsp3) is 0.293. The van der Waals surface area contributed by atoms with Crippen molar-refractivity contribution in [1.29, 1.82) is 0 Å². The number of aryl methyl sites for hydroxylation is 1. The van der Waals surface area contributed by atoms with Crippen molar-refractivity contribution in [2.45, 2.75) is 70.2 Å². The van der Waals surface area contributed by atoms with Crippen molar-refractivity contribution in [1.82, 2.24) is 29.9 Å². The minimum atomic E-state index is -5.16. The van der Waals surface area contributed by atoms with Crippen LogP contribution in [0.3, 0.4) is 0 Å². The van der Waals surface area contributed by atoms with Crippen LogP contribution in [0.1, 0.15) is 62.3 Å². The van der Waals surface area contributed by atoms with Crippen molar-refractivity contribution in [3.8, 4) is 11.1 Å². The lowest BCUT2D eigenvalue weighted by atomic mass is 9.93. The molecule has 26 heteroatoms. The number of carbonyl (C=O) groups is 2. The summed E-state index contributed by atoms with van der Waals surface area (Å²) in [6.07, 6.45) is -11.0. The molecule has 0 saturated carbocycles. The smallest absolute Gasteiger partial charge is 0.346 e. The van der Waals surface area contributed by atoms with E-state index < -0.39 is 117 Å². The van der Waals surface area contributed by atoms with E-state index in [1.54, 1.807) is 0 Å². The number of phosphoric acid groups is 1. The molecule has 1 atom stereocenters. The first-order valence-corrected chi connectivity index (χ1v) is 22.5. The molecule has 13 nitrogen and oxygen atoms in total. The lowest BCUT2D eigenvalue weighted by molar-refractivity contribution is -0.142. The van der Waals surface area contributed by atoms with Crippen LogP contribution in [0.4, 0.5) is 49.7 Å². The van der Waals surface area contributed by atoms with Gasteiger partial charge in [-0.25, -0.2) is 17.7 Å². The van der Waals surface area contributed by atoms with Gasteiger partial charge >= 0.3 is 20.2 Å². The Morgan fingerprint density at radius 1 is 0.985 bits per heavy atom. The SMILES string of the molecule is CSN(C(=O)c1ccccc1COP(=O)(O)O)c1nn(CC(F)(F)F)c2c(-c3ccc(C)nc3C(Cc3cc(F)cc(F)c3)NC(=O)Cn3nc(C(F)(F)F)c4c3C(F)(F)CC4)ccc(Cl)c12. The van der Waals surface area contributed by atoms with E-state index in [0.717, 1.165) is 16.4 Å². The summed E-state index contributed by atoms with van der Waals surface area (Å²) >= 11 is 7.41. The summed E-state index contributed by atoms with van der Waals surface area (Å²) in [4.78, 5) is 51.3. The zero-order valence-electron chi connectivity index (χ0n) is 34.4. The molecular weight excluding hydrogens is 975 g/mol. The molecule has 0 spiro atoms. The maximum absolute atomic E-state index is 15.0. The van der Waals surface area contributed by atoms with Crippen LogP contribution in [0.15, 0.2) is 66.7 Å². The Hall–Kier alpha value is -5.52. The monoisotopic (exact) mass is 1010 g/mol. The summed E-state index contributed by atoms with van der Waals surface area (Å²) in [5, 5.41) is 9.56. The van der Waals surface area contributed by atoms with Gasteiger partial charge < -0.3 is 15.1 Å². The predicted molar refractivity (Wildman–Crippen MR) is 223 cm³/mol. The van der Waals surface area contributed by atoms with Crippen molar-refractivity contribution in [2.24, 2.45) is 0 Å². The Morgan fingerprint density at radius 3 is 2.30 bits per heavy atom. The Kier molecular flexibility index (Phi) is 13.7. The maximum Gasteiger partial charge on any atom is 0.469 e. The number of halogens is 11. The molecule has 0 radical (unpaired) electrons. The van der Waals surface area contributed by atoms with E-state index in [9.17, 15) is 59.1 Å². The zero-order valence-corrected chi connectivity index (χ0v) is 36.9. The van der Waals surface area contributed by atoms with Crippen LogP contribution in [-0.2, 0) is 58.5 Å². The van der Waals surface area contributed by atoms with E-state index in [1.165, 1.54) is 61.7 Å². The zero-order chi connectivity index (χ0) is 49.0. The largest absolute Gasteiger partial charge is 0.469 e. The second-order valence-corrected chi connectivity index (χ2v) is 17.5. The van der Waals surface area contributed by atoms with Gasteiger partial charge in [-0.2, -0.15) is 45.3 Å². The highest BCUT2D eigenvalue weighted by Crippen LogP contribution is 2.47. The average Bonchev–Trinajstić information content (AvgIpc) is 3.88. The van der Waals surface area contributed by atoms with Crippen LogP contribution in [0.5, 0.6) is 0 Å². The normalized spacial score (nSPS) is 14.4. The first-order chi connectivity index (χ1) is 31.2. The number of hydrogen-bond donors (Lipinski definition) is 3. The quantitative estimate of drug-likeness (QED) is 0.0544. The Labute approximate surface area is 381 Å². The minimum Gasteiger partial charge on any atom is -0.346 e. The van der Waals surface area contributed by atoms with Crippen LogP contribution in [-0.4, -0.2) is 58.6 Å². The summed E-state index contributed by atoms with van der Waals surface area (Å²) < 4.78 is 162. The van der Waals surface area contributed by atoms with Gasteiger partial charge in [-0.3, -0.25) is 28.5 Å². The van der Waals surface area contributed by atoms with Gasteiger partial charge in [-0.05, 0) is 73.2 Å². The second kappa shape index (κ2) is 18.5. The van der Waals surface area contributed by atoms with Crippen molar-refractivity contribution >= 4 is 59.9 Å². The number of pyridine rings is 1. The van der Waals surface area contributed by atoms with Crippen LogP contribution in [0, 0.1) is 18.6 Å². The van der Waals surface area contributed by atoms with Crippen molar-refractivity contribution in [3.63, 3.8) is 0 Å². The molecule has 6 aromatic rings. The second-order valence-electron chi connectivity index (χ2n) is 15.1. The third-order valence-corrected chi connectivity index (χ3v) is 11.9. The molecule has 356 valence electrons. The molecule has 3 heterocycles. The van der Waals surface area contributed by atoms with Gasteiger partial charge in [-0.1, -0.05) is 41.9 Å². The summed E-state index contributed by atoms with van der Waals surface area (Å²) in [5.74, 6) is -8.49. The highest BCUT2D eigenvalue weighted by Gasteiger charge is 2.50. The Bertz CT molecular complexity index is 2940. The summed E-state index contributed by atoms with van der Waals surface area (Å²) in [6, 6.07) is 11.6. The third-order valence-electron chi connectivity index (χ3n) is 10.4. The van der Waals surface area contributed by atoms with Crippen molar-refractivity contribution < 1.29 is 72.4 Å². The van der Waals surface area contributed by atoms with Crippen LogP contribution in [0.25, 0.3) is 22.0 Å². The van der Waals surface area contributed by atoms with Crippen LogP contribution < -0.4 is 9.62 Å². The van der Waals surface area contributed by atoms with Gasteiger partial charge in [0, 0.05) is 46.7 Å². The number of rotatable bonds is 14. The number of fused-ring (bicyclic) bond motifs is 2. The van der Waals surface area contributed by atoms with Gasteiger partial charge in [0.15, 0.2) is 11.5 Å². The number of phosphoric ester groups is 1.